The smallest absolute Gasteiger partial charge is 0.336 e. The van der Waals surface area contributed by atoms with Crippen LogP contribution in [0.3, 0.4) is 0 Å². The first-order chi connectivity index (χ1) is 11.1. The summed E-state index contributed by atoms with van der Waals surface area (Å²) in [6.07, 6.45) is 9.18. The number of phenolic OH excluding ortho intramolecular Hbond substituents is 1. The van der Waals surface area contributed by atoms with Gasteiger partial charge in [0.1, 0.15) is 11.3 Å². The predicted octanol–water partition coefficient (Wildman–Crippen LogP) is 4.72. The number of aromatic carboxylic acids is 1. The quantitative estimate of drug-likeness (QED) is 0.718. The first kappa shape index (κ1) is 13.6. The number of allylic oxidation sites excluding steroid dienone is 4. The van der Waals surface area contributed by atoms with Crippen molar-refractivity contribution < 1.29 is 19.4 Å². The van der Waals surface area contributed by atoms with Crippen molar-refractivity contribution in [2.45, 2.75) is 12.8 Å². The lowest BCUT2D eigenvalue weighted by atomic mass is 9.88. The van der Waals surface area contributed by atoms with E-state index in [2.05, 4.69) is 6.08 Å². The number of aromatic hydroxyl groups is 1. The van der Waals surface area contributed by atoms with Crippen LogP contribution in [-0.4, -0.2) is 16.2 Å². The fourth-order valence-corrected chi connectivity index (χ4v) is 3.19. The van der Waals surface area contributed by atoms with Crippen molar-refractivity contribution in [1.82, 2.24) is 0 Å². The predicted molar refractivity (Wildman–Crippen MR) is 88.7 cm³/mol. The van der Waals surface area contributed by atoms with Crippen LogP contribution in [0.4, 0.5) is 0 Å². The van der Waals surface area contributed by atoms with Crippen molar-refractivity contribution in [3.63, 3.8) is 0 Å². The summed E-state index contributed by atoms with van der Waals surface area (Å²) in [5, 5.41) is 22.1. The van der Waals surface area contributed by atoms with Crippen LogP contribution in [0.2, 0.25) is 0 Å². The summed E-state index contributed by atoms with van der Waals surface area (Å²) in [4.78, 5) is 11.7. The molecule has 1 aromatic heterocycles. The zero-order chi connectivity index (χ0) is 16.0. The molecule has 114 valence electrons. The second-order valence-corrected chi connectivity index (χ2v) is 5.64. The Labute approximate surface area is 132 Å². The highest BCUT2D eigenvalue weighted by molar-refractivity contribution is 6.10. The molecule has 0 spiro atoms. The Hall–Kier alpha value is -3.01. The molecule has 23 heavy (non-hydrogen) atoms. The van der Waals surface area contributed by atoms with E-state index in [0.717, 1.165) is 29.2 Å². The fraction of sp³-hybridized carbons (Fsp3) is 0.105. The van der Waals surface area contributed by atoms with Crippen LogP contribution < -0.4 is 0 Å². The minimum Gasteiger partial charge on any atom is -0.507 e. The Morgan fingerprint density at radius 3 is 2.78 bits per heavy atom. The maximum Gasteiger partial charge on any atom is 0.336 e. The number of furan rings is 1. The van der Waals surface area contributed by atoms with Gasteiger partial charge in [-0.1, -0.05) is 18.2 Å². The molecule has 0 bridgehead atoms. The Kier molecular flexibility index (Phi) is 2.98. The number of fused-ring (bicyclic) bond motifs is 2. The molecule has 0 unspecified atom stereocenters. The maximum absolute atomic E-state index is 11.7. The first-order valence-corrected chi connectivity index (χ1v) is 7.41. The summed E-state index contributed by atoms with van der Waals surface area (Å²) >= 11 is 0. The van der Waals surface area contributed by atoms with E-state index in [1.165, 1.54) is 6.07 Å². The SMILES string of the molecule is O=C(O)c1cc(O)c2cc3occc3cc2c1C1=CC=CCC1. The van der Waals surface area contributed by atoms with Crippen molar-refractivity contribution in [3.05, 3.63) is 59.9 Å². The number of benzene rings is 2. The van der Waals surface area contributed by atoms with Gasteiger partial charge in [-0.3, -0.25) is 0 Å². The van der Waals surface area contributed by atoms with Gasteiger partial charge in [-0.05, 0) is 48.1 Å². The van der Waals surface area contributed by atoms with E-state index in [9.17, 15) is 15.0 Å². The second-order valence-electron chi connectivity index (χ2n) is 5.64. The number of carbonyl (C=O) groups is 1. The number of carboxylic acids is 1. The molecule has 0 saturated heterocycles. The molecule has 0 atom stereocenters. The summed E-state index contributed by atoms with van der Waals surface area (Å²) < 4.78 is 5.39. The third-order valence-corrected chi connectivity index (χ3v) is 4.25. The van der Waals surface area contributed by atoms with Gasteiger partial charge >= 0.3 is 5.97 Å². The third-order valence-electron chi connectivity index (χ3n) is 4.25. The lowest BCUT2D eigenvalue weighted by Gasteiger charge is -2.16. The number of carboxylic acid groups (broad SMARTS) is 1. The van der Waals surface area contributed by atoms with Gasteiger partial charge in [0.25, 0.3) is 0 Å². The van der Waals surface area contributed by atoms with Crippen molar-refractivity contribution in [2.75, 3.05) is 0 Å². The van der Waals surface area contributed by atoms with E-state index in [4.69, 9.17) is 4.42 Å². The number of phenols is 1. The molecule has 4 nitrogen and oxygen atoms in total. The monoisotopic (exact) mass is 306 g/mol. The standard InChI is InChI=1S/C19H14O4/c20-16-9-15(19(21)22)18(11-4-2-1-3-5-11)14-8-12-6-7-23-17(12)10-13(14)16/h1-2,4,6-10,20H,3,5H2,(H,21,22). The molecule has 4 heteroatoms. The van der Waals surface area contributed by atoms with Crippen LogP contribution in [0.1, 0.15) is 28.8 Å². The van der Waals surface area contributed by atoms with Gasteiger partial charge in [0.15, 0.2) is 0 Å². The summed E-state index contributed by atoms with van der Waals surface area (Å²) in [7, 11) is 0. The molecule has 1 aliphatic carbocycles. The summed E-state index contributed by atoms with van der Waals surface area (Å²) in [5.41, 5.74) is 2.44. The van der Waals surface area contributed by atoms with Crippen LogP contribution >= 0.6 is 0 Å². The molecule has 0 amide bonds. The average Bonchev–Trinajstić information content (AvgIpc) is 3.01. The van der Waals surface area contributed by atoms with Crippen LogP contribution in [0.5, 0.6) is 5.75 Å². The normalized spacial score (nSPS) is 14.3. The van der Waals surface area contributed by atoms with Crippen molar-refractivity contribution in [2.24, 2.45) is 0 Å². The minimum atomic E-state index is -1.04. The van der Waals surface area contributed by atoms with Gasteiger partial charge in [-0.25, -0.2) is 4.79 Å². The first-order valence-electron chi connectivity index (χ1n) is 7.41. The van der Waals surface area contributed by atoms with E-state index in [1.54, 1.807) is 12.3 Å². The zero-order valence-corrected chi connectivity index (χ0v) is 12.2. The number of hydrogen-bond donors (Lipinski definition) is 2. The molecule has 0 aliphatic heterocycles. The highest BCUT2D eigenvalue weighted by Gasteiger charge is 2.20. The average molecular weight is 306 g/mol. The highest BCUT2D eigenvalue weighted by atomic mass is 16.4. The molecular weight excluding hydrogens is 292 g/mol. The molecule has 1 aliphatic rings. The van der Waals surface area contributed by atoms with E-state index in [0.29, 0.717) is 16.5 Å². The Balaban J connectivity index is 2.16. The van der Waals surface area contributed by atoms with Gasteiger partial charge < -0.3 is 14.6 Å². The highest BCUT2D eigenvalue weighted by Crippen LogP contribution is 2.39. The van der Waals surface area contributed by atoms with E-state index < -0.39 is 5.97 Å². The number of rotatable bonds is 2. The Bertz CT molecular complexity index is 1010. The van der Waals surface area contributed by atoms with Crippen molar-refractivity contribution in [3.8, 4) is 5.75 Å². The topological polar surface area (TPSA) is 70.7 Å². The lowest BCUT2D eigenvalue weighted by Crippen LogP contribution is -2.04. The van der Waals surface area contributed by atoms with Crippen LogP contribution in [0, 0.1) is 0 Å². The molecule has 0 saturated carbocycles. The Morgan fingerprint density at radius 2 is 2.04 bits per heavy atom. The molecule has 3 aromatic rings. The molecule has 0 radical (unpaired) electrons. The fourth-order valence-electron chi connectivity index (χ4n) is 3.19. The summed E-state index contributed by atoms with van der Waals surface area (Å²) in [6.45, 7) is 0. The van der Waals surface area contributed by atoms with Crippen molar-refractivity contribution >= 4 is 33.3 Å². The van der Waals surface area contributed by atoms with Gasteiger partial charge in [-0.2, -0.15) is 0 Å². The lowest BCUT2D eigenvalue weighted by molar-refractivity contribution is 0.0696. The van der Waals surface area contributed by atoms with Crippen molar-refractivity contribution in [1.29, 1.82) is 0 Å². The van der Waals surface area contributed by atoms with E-state index in [1.807, 2.05) is 24.3 Å². The molecule has 2 aromatic carbocycles. The summed E-state index contributed by atoms with van der Waals surface area (Å²) in [5.74, 6) is -1.09. The third kappa shape index (κ3) is 2.11. The largest absolute Gasteiger partial charge is 0.507 e. The second kappa shape index (κ2) is 5.02. The van der Waals surface area contributed by atoms with Gasteiger partial charge in [0, 0.05) is 16.3 Å². The molecular formula is C19H14O4. The zero-order valence-electron chi connectivity index (χ0n) is 12.2. The van der Waals surface area contributed by atoms with Crippen LogP contribution in [0.15, 0.2) is 53.2 Å². The molecule has 2 N–H and O–H groups in total. The molecule has 4 rings (SSSR count). The van der Waals surface area contributed by atoms with Gasteiger partial charge in [-0.15, -0.1) is 0 Å². The number of hydrogen-bond acceptors (Lipinski definition) is 3. The van der Waals surface area contributed by atoms with E-state index >= 15 is 0 Å². The Morgan fingerprint density at radius 1 is 1.17 bits per heavy atom. The maximum atomic E-state index is 11.7. The van der Waals surface area contributed by atoms with Crippen LogP contribution in [0.25, 0.3) is 27.3 Å². The molecule has 0 fully saturated rings. The van der Waals surface area contributed by atoms with E-state index in [-0.39, 0.29) is 11.3 Å². The van der Waals surface area contributed by atoms with Crippen LogP contribution in [-0.2, 0) is 0 Å². The van der Waals surface area contributed by atoms with Gasteiger partial charge in [0.2, 0.25) is 0 Å². The minimum absolute atomic E-state index is 0.0496. The van der Waals surface area contributed by atoms with Gasteiger partial charge in [0.05, 0.1) is 11.8 Å². The summed E-state index contributed by atoms with van der Waals surface area (Å²) in [6, 6.07) is 6.80. The molecule has 1 heterocycles.